The van der Waals surface area contributed by atoms with Gasteiger partial charge in [-0.2, -0.15) is 0 Å². The van der Waals surface area contributed by atoms with Gasteiger partial charge in [0.15, 0.2) is 11.2 Å². The number of hydrogen-bond donors (Lipinski definition) is 2. The lowest BCUT2D eigenvalue weighted by Gasteiger charge is -2.35. The van der Waals surface area contributed by atoms with Crippen molar-refractivity contribution in [1.82, 2.24) is 10.6 Å². The highest BCUT2D eigenvalue weighted by Gasteiger charge is 2.32. The molecule has 0 unspecified atom stereocenters. The number of fused-ring (bicyclic) bond motifs is 1. The van der Waals surface area contributed by atoms with Crippen LogP contribution >= 0.6 is 12.2 Å². The third kappa shape index (κ3) is 3.56. The largest absolute Gasteiger partial charge is 0.477 e. The predicted octanol–water partition coefficient (Wildman–Crippen LogP) is 1.05. The topological polar surface area (TPSA) is 62.8 Å². The monoisotopic (exact) mass is 335 g/mol. The molecule has 3 rings (SSSR count). The number of likely N-dealkylation sites (N-methyl/N-ethyl adjacent to an activating group) is 1. The molecule has 6 nitrogen and oxygen atoms in total. The Kier molecular flexibility index (Phi) is 4.97. The average Bonchev–Trinajstić information content (AvgIpc) is 3.11. The summed E-state index contributed by atoms with van der Waals surface area (Å²) in [5, 5.41) is 6.47. The number of carbonyl (C=O) groups is 1. The standard InChI is InChI=1S/C16H21N3O3S/c1-17-15(20)14-10-19(12-6-2-3-7-13(12)22-14)16(23)18-9-11-5-4-8-21-11/h2-3,6-7,11,14H,4-5,8-10H2,1H3,(H,17,20)(H,18,23)/t11-,14+/m1/s1. The normalized spacial score (nSPS) is 22.9. The summed E-state index contributed by atoms with van der Waals surface area (Å²) < 4.78 is 11.4. The first-order chi connectivity index (χ1) is 11.2. The minimum Gasteiger partial charge on any atom is -0.477 e. The van der Waals surface area contributed by atoms with Crippen LogP contribution in [0.1, 0.15) is 12.8 Å². The molecule has 1 fully saturated rings. The molecule has 0 bridgehead atoms. The minimum absolute atomic E-state index is 0.161. The maximum atomic E-state index is 12.0. The molecular formula is C16H21N3O3S. The number of para-hydroxylation sites is 2. The van der Waals surface area contributed by atoms with Crippen LogP contribution in [-0.2, 0) is 9.53 Å². The fourth-order valence-corrected chi connectivity index (χ4v) is 3.08. The second-order valence-electron chi connectivity index (χ2n) is 5.62. The molecule has 2 atom stereocenters. The highest BCUT2D eigenvalue weighted by Crippen LogP contribution is 2.33. The van der Waals surface area contributed by atoms with Crippen LogP contribution in [0.2, 0.25) is 0 Å². The van der Waals surface area contributed by atoms with Crippen LogP contribution in [0.3, 0.4) is 0 Å². The molecule has 7 heteroatoms. The molecule has 1 saturated heterocycles. The molecule has 2 heterocycles. The molecule has 0 aliphatic carbocycles. The lowest BCUT2D eigenvalue weighted by atomic mass is 10.2. The van der Waals surface area contributed by atoms with Crippen LogP contribution in [0, 0.1) is 0 Å². The molecule has 2 N–H and O–H groups in total. The summed E-state index contributed by atoms with van der Waals surface area (Å²) in [5.41, 5.74) is 0.873. The maximum absolute atomic E-state index is 12.0. The van der Waals surface area contributed by atoms with Crippen LogP contribution in [0.5, 0.6) is 5.75 Å². The molecule has 0 saturated carbocycles. The molecule has 124 valence electrons. The van der Waals surface area contributed by atoms with Crippen LogP contribution in [-0.4, -0.2) is 50.0 Å². The lowest BCUT2D eigenvalue weighted by Crippen LogP contribution is -2.53. The van der Waals surface area contributed by atoms with Crippen molar-refractivity contribution in [2.24, 2.45) is 0 Å². The van der Waals surface area contributed by atoms with Gasteiger partial charge in [-0.05, 0) is 37.2 Å². The van der Waals surface area contributed by atoms with Crippen molar-refractivity contribution in [2.45, 2.75) is 25.0 Å². The highest BCUT2D eigenvalue weighted by molar-refractivity contribution is 7.80. The maximum Gasteiger partial charge on any atom is 0.262 e. The van der Waals surface area contributed by atoms with Crippen LogP contribution in [0.25, 0.3) is 0 Å². The SMILES string of the molecule is CNC(=O)[C@@H]1CN(C(=S)NC[C@H]2CCCO2)c2ccccc2O1. The summed E-state index contributed by atoms with van der Waals surface area (Å²) in [6.07, 6.45) is 1.77. The Balaban J connectivity index is 1.73. The number of thiocarbonyl (C=S) groups is 1. The first-order valence-electron chi connectivity index (χ1n) is 7.83. The zero-order chi connectivity index (χ0) is 16.2. The van der Waals surface area contributed by atoms with Crippen molar-refractivity contribution in [1.29, 1.82) is 0 Å². The van der Waals surface area contributed by atoms with E-state index in [9.17, 15) is 4.79 Å². The van der Waals surface area contributed by atoms with Crippen molar-refractivity contribution in [3.05, 3.63) is 24.3 Å². The van der Waals surface area contributed by atoms with Gasteiger partial charge in [-0.1, -0.05) is 12.1 Å². The van der Waals surface area contributed by atoms with E-state index in [0.29, 0.717) is 24.0 Å². The number of carbonyl (C=O) groups excluding carboxylic acids is 1. The zero-order valence-electron chi connectivity index (χ0n) is 13.1. The summed E-state index contributed by atoms with van der Waals surface area (Å²) >= 11 is 5.53. The molecule has 0 aromatic heterocycles. The molecule has 2 aliphatic rings. The van der Waals surface area contributed by atoms with E-state index in [1.54, 1.807) is 7.05 Å². The third-order valence-corrected chi connectivity index (χ3v) is 4.43. The van der Waals surface area contributed by atoms with E-state index in [2.05, 4.69) is 10.6 Å². The van der Waals surface area contributed by atoms with E-state index in [0.717, 1.165) is 25.1 Å². The van der Waals surface area contributed by atoms with Gasteiger partial charge in [-0.15, -0.1) is 0 Å². The Hall–Kier alpha value is -1.86. The molecule has 1 amide bonds. The van der Waals surface area contributed by atoms with Gasteiger partial charge in [0.1, 0.15) is 5.75 Å². The van der Waals surface area contributed by atoms with E-state index in [4.69, 9.17) is 21.7 Å². The van der Waals surface area contributed by atoms with Crippen LogP contribution in [0.4, 0.5) is 5.69 Å². The Morgan fingerprint density at radius 3 is 3.00 bits per heavy atom. The van der Waals surface area contributed by atoms with Gasteiger partial charge < -0.3 is 25.0 Å². The number of nitrogens with one attached hydrogen (secondary N) is 2. The van der Waals surface area contributed by atoms with Crippen molar-refractivity contribution in [2.75, 3.05) is 31.6 Å². The first-order valence-corrected chi connectivity index (χ1v) is 8.24. The molecule has 0 spiro atoms. The van der Waals surface area contributed by atoms with Crippen molar-refractivity contribution in [3.8, 4) is 5.75 Å². The highest BCUT2D eigenvalue weighted by atomic mass is 32.1. The van der Waals surface area contributed by atoms with E-state index in [1.807, 2.05) is 29.2 Å². The van der Waals surface area contributed by atoms with Crippen LogP contribution < -0.4 is 20.3 Å². The van der Waals surface area contributed by atoms with Gasteiger partial charge in [-0.3, -0.25) is 4.79 Å². The number of benzene rings is 1. The Labute approximate surface area is 141 Å². The third-order valence-electron chi connectivity index (χ3n) is 4.06. The van der Waals surface area contributed by atoms with Crippen molar-refractivity contribution < 1.29 is 14.3 Å². The number of ether oxygens (including phenoxy) is 2. The van der Waals surface area contributed by atoms with E-state index in [-0.39, 0.29) is 12.0 Å². The summed E-state index contributed by atoms with van der Waals surface area (Å²) in [6, 6.07) is 7.60. The fourth-order valence-electron chi connectivity index (χ4n) is 2.83. The summed E-state index contributed by atoms with van der Waals surface area (Å²) in [5.74, 6) is 0.500. The average molecular weight is 335 g/mol. The number of nitrogens with zero attached hydrogens (tertiary/aromatic N) is 1. The van der Waals surface area contributed by atoms with E-state index < -0.39 is 6.10 Å². The molecule has 1 aromatic rings. The molecule has 1 aromatic carbocycles. The molecule has 0 radical (unpaired) electrons. The van der Waals surface area contributed by atoms with Gasteiger partial charge >= 0.3 is 0 Å². The Morgan fingerprint density at radius 1 is 1.43 bits per heavy atom. The quantitative estimate of drug-likeness (QED) is 0.805. The summed E-state index contributed by atoms with van der Waals surface area (Å²) in [6.45, 7) is 1.88. The molecular weight excluding hydrogens is 314 g/mol. The van der Waals surface area contributed by atoms with Gasteiger partial charge in [-0.25, -0.2) is 0 Å². The predicted molar refractivity (Wildman–Crippen MR) is 91.8 cm³/mol. The Morgan fingerprint density at radius 2 is 2.26 bits per heavy atom. The number of anilines is 1. The number of amides is 1. The van der Waals surface area contributed by atoms with Gasteiger partial charge in [0.2, 0.25) is 0 Å². The van der Waals surface area contributed by atoms with Gasteiger partial charge in [0, 0.05) is 20.2 Å². The number of rotatable bonds is 3. The minimum atomic E-state index is -0.586. The molecule has 2 aliphatic heterocycles. The second kappa shape index (κ2) is 7.14. The van der Waals surface area contributed by atoms with Crippen molar-refractivity contribution in [3.63, 3.8) is 0 Å². The lowest BCUT2D eigenvalue weighted by molar-refractivity contribution is -0.127. The van der Waals surface area contributed by atoms with Gasteiger partial charge in [0.05, 0.1) is 18.3 Å². The van der Waals surface area contributed by atoms with Crippen molar-refractivity contribution >= 4 is 28.9 Å². The Bertz CT molecular complexity index is 590. The summed E-state index contributed by atoms with van der Waals surface area (Å²) in [4.78, 5) is 13.9. The smallest absolute Gasteiger partial charge is 0.262 e. The van der Waals surface area contributed by atoms with E-state index >= 15 is 0 Å². The first kappa shape index (κ1) is 16.0. The fraction of sp³-hybridized carbons (Fsp3) is 0.500. The summed E-state index contributed by atoms with van der Waals surface area (Å²) in [7, 11) is 1.60. The van der Waals surface area contributed by atoms with Gasteiger partial charge in [0.25, 0.3) is 5.91 Å². The number of hydrogen-bond acceptors (Lipinski definition) is 4. The molecule has 23 heavy (non-hydrogen) atoms. The van der Waals surface area contributed by atoms with E-state index in [1.165, 1.54) is 0 Å². The van der Waals surface area contributed by atoms with Crippen LogP contribution in [0.15, 0.2) is 24.3 Å². The zero-order valence-corrected chi connectivity index (χ0v) is 13.9. The second-order valence-corrected chi connectivity index (χ2v) is 6.01.